The van der Waals surface area contributed by atoms with Crippen LogP contribution in [0.1, 0.15) is 10.4 Å². The second-order valence-electron chi connectivity index (χ2n) is 3.22. The van der Waals surface area contributed by atoms with Crippen LogP contribution in [0.2, 0.25) is 5.02 Å². The smallest absolute Gasteiger partial charge is 0.277 e. The highest BCUT2D eigenvalue weighted by Crippen LogP contribution is 2.15. The number of hydrogen-bond acceptors (Lipinski definition) is 2. The molecule has 1 aromatic carbocycles. The van der Waals surface area contributed by atoms with Crippen LogP contribution in [0.15, 0.2) is 24.3 Å². The highest BCUT2D eigenvalue weighted by molar-refractivity contribution is 6.33. The second-order valence-corrected chi connectivity index (χ2v) is 3.63. The molecule has 0 aromatic heterocycles. The quantitative estimate of drug-likeness (QED) is 0.852. The molecule has 0 bridgehead atoms. The number of hydrogen-bond donors (Lipinski definition) is 2. The summed E-state index contributed by atoms with van der Waals surface area (Å²) in [6.07, 6.45) is 0. The highest BCUT2D eigenvalue weighted by Gasteiger charge is 2.27. The predicted octanol–water partition coefficient (Wildman–Crippen LogP) is 1.66. The molecule has 88 valence electrons. The summed E-state index contributed by atoms with van der Waals surface area (Å²) in [6.45, 7) is -1.61. The summed E-state index contributed by atoms with van der Waals surface area (Å²) in [5.74, 6) is -3.74. The van der Waals surface area contributed by atoms with Gasteiger partial charge in [0.1, 0.15) is 0 Å². The lowest BCUT2D eigenvalue weighted by atomic mass is 10.2. The maximum Gasteiger partial charge on any atom is 0.277 e. The van der Waals surface area contributed by atoms with Crippen LogP contribution in [-0.4, -0.2) is 24.9 Å². The van der Waals surface area contributed by atoms with Crippen molar-refractivity contribution >= 4 is 17.5 Å². The lowest BCUT2D eigenvalue weighted by molar-refractivity contribution is 0.0118. The SMILES string of the molecule is NCC(F)(F)CNC(=O)c1ccccc1Cl. The Bertz CT molecular complexity index is 385. The van der Waals surface area contributed by atoms with E-state index < -0.39 is 24.9 Å². The number of carbonyl (C=O) groups excluding carboxylic acids is 1. The van der Waals surface area contributed by atoms with Crippen molar-refractivity contribution in [2.24, 2.45) is 5.73 Å². The Morgan fingerprint density at radius 2 is 2.06 bits per heavy atom. The van der Waals surface area contributed by atoms with Crippen LogP contribution in [0.3, 0.4) is 0 Å². The molecule has 6 heteroatoms. The highest BCUT2D eigenvalue weighted by atomic mass is 35.5. The van der Waals surface area contributed by atoms with Gasteiger partial charge in [0, 0.05) is 0 Å². The number of nitrogens with two attached hydrogens (primary N) is 1. The van der Waals surface area contributed by atoms with E-state index >= 15 is 0 Å². The first-order valence-corrected chi connectivity index (χ1v) is 4.95. The molecule has 1 rings (SSSR count). The van der Waals surface area contributed by atoms with Crippen molar-refractivity contribution in [2.75, 3.05) is 13.1 Å². The van der Waals surface area contributed by atoms with E-state index in [1.807, 2.05) is 0 Å². The zero-order valence-electron chi connectivity index (χ0n) is 8.34. The molecule has 0 saturated carbocycles. The summed E-state index contributed by atoms with van der Waals surface area (Å²) in [5, 5.41) is 2.30. The van der Waals surface area contributed by atoms with Gasteiger partial charge in [0.2, 0.25) is 0 Å². The second kappa shape index (κ2) is 5.23. The minimum Gasteiger partial charge on any atom is -0.346 e. The molecule has 0 aliphatic carbocycles. The topological polar surface area (TPSA) is 55.1 Å². The number of benzene rings is 1. The van der Waals surface area contributed by atoms with Crippen LogP contribution in [0.5, 0.6) is 0 Å². The summed E-state index contributed by atoms with van der Waals surface area (Å²) in [6, 6.07) is 6.21. The molecule has 0 aliphatic heterocycles. The predicted molar refractivity (Wildman–Crippen MR) is 57.8 cm³/mol. The standard InChI is InChI=1S/C10H11ClF2N2O/c11-8-4-2-1-3-7(8)9(16)15-6-10(12,13)5-14/h1-4H,5-6,14H2,(H,15,16). The van der Waals surface area contributed by atoms with Crippen molar-refractivity contribution in [3.05, 3.63) is 34.9 Å². The summed E-state index contributed by atoms with van der Waals surface area (Å²) in [4.78, 5) is 11.5. The minimum absolute atomic E-state index is 0.164. The van der Waals surface area contributed by atoms with Crippen molar-refractivity contribution < 1.29 is 13.6 Å². The van der Waals surface area contributed by atoms with Crippen LogP contribution < -0.4 is 11.1 Å². The van der Waals surface area contributed by atoms with E-state index in [-0.39, 0.29) is 10.6 Å². The molecule has 1 aromatic rings. The number of halogens is 3. The summed E-state index contributed by atoms with van der Waals surface area (Å²) < 4.78 is 25.5. The van der Waals surface area contributed by atoms with Gasteiger partial charge in [-0.3, -0.25) is 4.79 Å². The molecule has 0 heterocycles. The van der Waals surface area contributed by atoms with Gasteiger partial charge >= 0.3 is 0 Å². The third kappa shape index (κ3) is 3.43. The molecule has 0 radical (unpaired) electrons. The van der Waals surface area contributed by atoms with Gasteiger partial charge in [-0.05, 0) is 12.1 Å². The molecule has 0 aliphatic rings. The third-order valence-corrected chi connectivity index (χ3v) is 2.25. The van der Waals surface area contributed by atoms with Gasteiger partial charge in [0.05, 0.1) is 23.7 Å². The van der Waals surface area contributed by atoms with Crippen LogP contribution in [0.25, 0.3) is 0 Å². The van der Waals surface area contributed by atoms with Crippen LogP contribution in [0, 0.1) is 0 Å². The molecule has 0 saturated heterocycles. The van der Waals surface area contributed by atoms with Crippen LogP contribution >= 0.6 is 11.6 Å². The van der Waals surface area contributed by atoms with Gasteiger partial charge in [-0.15, -0.1) is 0 Å². The Morgan fingerprint density at radius 3 is 2.62 bits per heavy atom. The van der Waals surface area contributed by atoms with Gasteiger partial charge in [-0.25, -0.2) is 8.78 Å². The maximum absolute atomic E-state index is 12.8. The largest absolute Gasteiger partial charge is 0.346 e. The van der Waals surface area contributed by atoms with Crippen molar-refractivity contribution in [2.45, 2.75) is 5.92 Å². The Hall–Kier alpha value is -1.20. The van der Waals surface area contributed by atoms with Gasteiger partial charge in [-0.1, -0.05) is 23.7 Å². The molecular formula is C10H11ClF2N2O. The molecular weight excluding hydrogens is 238 g/mol. The number of carbonyl (C=O) groups is 1. The Balaban J connectivity index is 2.64. The molecule has 16 heavy (non-hydrogen) atoms. The van der Waals surface area contributed by atoms with Gasteiger partial charge in [-0.2, -0.15) is 0 Å². The number of nitrogens with one attached hydrogen (secondary N) is 1. The van der Waals surface area contributed by atoms with Crippen molar-refractivity contribution in [1.29, 1.82) is 0 Å². The summed E-state index contributed by atoms with van der Waals surface area (Å²) in [7, 11) is 0. The first-order valence-electron chi connectivity index (χ1n) is 4.57. The van der Waals surface area contributed by atoms with E-state index in [0.717, 1.165) is 0 Å². The summed E-state index contributed by atoms with van der Waals surface area (Å²) in [5.41, 5.74) is 5.00. The molecule has 0 atom stereocenters. The lowest BCUT2D eigenvalue weighted by Gasteiger charge is -2.14. The van der Waals surface area contributed by atoms with Gasteiger partial charge < -0.3 is 11.1 Å². The number of rotatable bonds is 4. The molecule has 0 fully saturated rings. The normalized spacial score (nSPS) is 11.2. The minimum atomic E-state index is -3.10. The number of amides is 1. The van der Waals surface area contributed by atoms with Gasteiger partial charge in [0.15, 0.2) is 0 Å². The first kappa shape index (κ1) is 12.9. The molecule has 0 unspecified atom stereocenters. The summed E-state index contributed by atoms with van der Waals surface area (Å²) >= 11 is 5.73. The molecule has 3 nitrogen and oxygen atoms in total. The zero-order chi connectivity index (χ0) is 12.2. The van der Waals surface area contributed by atoms with E-state index in [1.54, 1.807) is 12.1 Å². The zero-order valence-corrected chi connectivity index (χ0v) is 9.10. The van der Waals surface area contributed by atoms with E-state index in [1.165, 1.54) is 12.1 Å². The first-order chi connectivity index (χ1) is 7.46. The Labute approximate surface area is 96.6 Å². The molecule has 3 N–H and O–H groups in total. The van der Waals surface area contributed by atoms with Crippen molar-refractivity contribution in [3.63, 3.8) is 0 Å². The van der Waals surface area contributed by atoms with Crippen LogP contribution in [0.4, 0.5) is 8.78 Å². The van der Waals surface area contributed by atoms with Crippen molar-refractivity contribution in [1.82, 2.24) is 5.32 Å². The fourth-order valence-electron chi connectivity index (χ4n) is 1.02. The van der Waals surface area contributed by atoms with E-state index in [2.05, 4.69) is 5.32 Å². The average Bonchev–Trinajstić information content (AvgIpc) is 2.27. The lowest BCUT2D eigenvalue weighted by Crippen LogP contribution is -2.41. The third-order valence-electron chi connectivity index (χ3n) is 1.92. The van der Waals surface area contributed by atoms with Crippen LogP contribution in [-0.2, 0) is 0 Å². The van der Waals surface area contributed by atoms with Crippen molar-refractivity contribution in [3.8, 4) is 0 Å². The maximum atomic E-state index is 12.8. The fraction of sp³-hybridized carbons (Fsp3) is 0.300. The molecule has 0 spiro atoms. The number of alkyl halides is 2. The fourth-order valence-corrected chi connectivity index (χ4v) is 1.24. The Morgan fingerprint density at radius 1 is 1.44 bits per heavy atom. The van der Waals surface area contributed by atoms with Gasteiger partial charge in [0.25, 0.3) is 11.8 Å². The average molecular weight is 249 g/mol. The van der Waals surface area contributed by atoms with E-state index in [4.69, 9.17) is 17.3 Å². The monoisotopic (exact) mass is 248 g/mol. The van der Waals surface area contributed by atoms with E-state index in [9.17, 15) is 13.6 Å². The Kier molecular flexibility index (Phi) is 4.20. The van der Waals surface area contributed by atoms with E-state index in [0.29, 0.717) is 0 Å². The molecule has 1 amide bonds.